The number of anilines is 1. The smallest absolute Gasteiger partial charge is 0.245 e. The van der Waals surface area contributed by atoms with Crippen molar-refractivity contribution in [3.8, 4) is 6.07 Å². The lowest BCUT2D eigenvalue weighted by atomic mass is 10.1. The van der Waals surface area contributed by atoms with E-state index < -0.39 is 6.04 Å². The topological polar surface area (TPSA) is 56.1 Å². The van der Waals surface area contributed by atoms with Gasteiger partial charge in [0.2, 0.25) is 5.91 Å². The Morgan fingerprint density at radius 1 is 1.55 bits per heavy atom. The Morgan fingerprint density at radius 3 is 2.95 bits per heavy atom. The molecule has 1 aromatic rings. The lowest BCUT2D eigenvalue weighted by molar-refractivity contribution is -0.120. The highest BCUT2D eigenvalue weighted by molar-refractivity contribution is 9.10. The SMILES string of the molecule is Cc1cc(Br)ccc1N1CC(C)CNC(CC#N)C1=O. The number of rotatable bonds is 2. The van der Waals surface area contributed by atoms with Gasteiger partial charge < -0.3 is 10.2 Å². The zero-order valence-corrected chi connectivity index (χ0v) is 13.3. The van der Waals surface area contributed by atoms with Crippen LogP contribution in [0.2, 0.25) is 0 Å². The van der Waals surface area contributed by atoms with E-state index in [1.165, 1.54) is 0 Å². The van der Waals surface area contributed by atoms with Crippen molar-refractivity contribution < 1.29 is 4.79 Å². The summed E-state index contributed by atoms with van der Waals surface area (Å²) in [5, 5.41) is 12.1. The van der Waals surface area contributed by atoms with Gasteiger partial charge in [0.1, 0.15) is 6.04 Å². The van der Waals surface area contributed by atoms with E-state index in [9.17, 15) is 4.79 Å². The zero-order chi connectivity index (χ0) is 14.7. The van der Waals surface area contributed by atoms with Crippen molar-refractivity contribution >= 4 is 27.5 Å². The van der Waals surface area contributed by atoms with E-state index in [0.29, 0.717) is 12.5 Å². The number of nitriles is 1. The molecule has 4 nitrogen and oxygen atoms in total. The molecule has 0 aromatic heterocycles. The number of hydrogen-bond donors (Lipinski definition) is 1. The summed E-state index contributed by atoms with van der Waals surface area (Å²) in [6.45, 7) is 5.53. The maximum Gasteiger partial charge on any atom is 0.245 e. The van der Waals surface area contributed by atoms with Gasteiger partial charge in [0.25, 0.3) is 0 Å². The Hall–Kier alpha value is -1.38. The predicted octanol–water partition coefficient (Wildman–Crippen LogP) is 2.61. The van der Waals surface area contributed by atoms with E-state index in [-0.39, 0.29) is 12.3 Å². The molecule has 1 aromatic carbocycles. The molecule has 106 valence electrons. The molecule has 0 bridgehead atoms. The first-order chi connectivity index (χ1) is 9.52. The van der Waals surface area contributed by atoms with Crippen LogP contribution in [0.5, 0.6) is 0 Å². The normalized spacial score (nSPS) is 23.3. The first kappa shape index (κ1) is 15.0. The molecule has 0 radical (unpaired) electrons. The van der Waals surface area contributed by atoms with E-state index in [1.807, 2.05) is 30.0 Å². The average Bonchev–Trinajstić information content (AvgIpc) is 2.53. The summed E-state index contributed by atoms with van der Waals surface area (Å²) < 4.78 is 1.00. The first-order valence-electron chi connectivity index (χ1n) is 6.70. The quantitative estimate of drug-likeness (QED) is 0.903. The molecule has 1 heterocycles. The summed E-state index contributed by atoms with van der Waals surface area (Å²) in [5.74, 6) is 0.340. The van der Waals surface area contributed by atoms with Crippen molar-refractivity contribution in [2.24, 2.45) is 5.92 Å². The molecule has 1 aliphatic rings. The van der Waals surface area contributed by atoms with Crippen LogP contribution >= 0.6 is 15.9 Å². The van der Waals surface area contributed by atoms with Gasteiger partial charge in [0.05, 0.1) is 12.5 Å². The Labute approximate surface area is 127 Å². The van der Waals surface area contributed by atoms with Gasteiger partial charge in [-0.25, -0.2) is 0 Å². The summed E-state index contributed by atoms with van der Waals surface area (Å²) in [7, 11) is 0. The van der Waals surface area contributed by atoms with E-state index in [1.54, 1.807) is 0 Å². The van der Waals surface area contributed by atoms with Gasteiger partial charge >= 0.3 is 0 Å². The lowest BCUT2D eigenvalue weighted by Gasteiger charge is -2.26. The maximum atomic E-state index is 12.6. The van der Waals surface area contributed by atoms with Crippen LogP contribution in [0.15, 0.2) is 22.7 Å². The second-order valence-corrected chi connectivity index (χ2v) is 6.22. The Morgan fingerprint density at radius 2 is 2.30 bits per heavy atom. The van der Waals surface area contributed by atoms with Gasteiger partial charge in [-0.1, -0.05) is 22.9 Å². The minimum atomic E-state index is -0.409. The molecule has 20 heavy (non-hydrogen) atoms. The van der Waals surface area contributed by atoms with Gasteiger partial charge in [0, 0.05) is 23.2 Å². The summed E-state index contributed by atoms with van der Waals surface area (Å²) in [5.41, 5.74) is 1.98. The van der Waals surface area contributed by atoms with E-state index >= 15 is 0 Å². The lowest BCUT2D eigenvalue weighted by Crippen LogP contribution is -2.43. The molecule has 2 rings (SSSR count). The second-order valence-electron chi connectivity index (χ2n) is 5.31. The van der Waals surface area contributed by atoms with Gasteiger partial charge in [-0.05, 0) is 36.6 Å². The first-order valence-corrected chi connectivity index (χ1v) is 7.50. The number of carbonyl (C=O) groups is 1. The minimum Gasteiger partial charge on any atom is -0.310 e. The summed E-state index contributed by atoms with van der Waals surface area (Å²) in [6, 6.07) is 7.58. The van der Waals surface area contributed by atoms with Crippen LogP contribution in [0.4, 0.5) is 5.69 Å². The zero-order valence-electron chi connectivity index (χ0n) is 11.7. The van der Waals surface area contributed by atoms with Crippen LogP contribution in [0, 0.1) is 24.2 Å². The van der Waals surface area contributed by atoms with Crippen molar-refractivity contribution in [3.05, 3.63) is 28.2 Å². The third-order valence-corrected chi connectivity index (χ3v) is 4.01. The third kappa shape index (κ3) is 3.20. The minimum absolute atomic E-state index is 0.0127. The van der Waals surface area contributed by atoms with Crippen LogP contribution in [0.1, 0.15) is 18.9 Å². The van der Waals surface area contributed by atoms with Crippen molar-refractivity contribution in [2.45, 2.75) is 26.3 Å². The van der Waals surface area contributed by atoms with Crippen molar-refractivity contribution in [1.82, 2.24) is 5.32 Å². The van der Waals surface area contributed by atoms with Crippen LogP contribution < -0.4 is 10.2 Å². The molecular weight excluding hydrogens is 318 g/mol. The number of halogens is 1. The molecule has 2 atom stereocenters. The molecule has 0 saturated carbocycles. The van der Waals surface area contributed by atoms with Crippen LogP contribution in [0.3, 0.4) is 0 Å². The monoisotopic (exact) mass is 335 g/mol. The number of carbonyl (C=O) groups excluding carboxylic acids is 1. The maximum absolute atomic E-state index is 12.6. The van der Waals surface area contributed by atoms with Crippen LogP contribution in [0.25, 0.3) is 0 Å². The second kappa shape index (κ2) is 6.38. The Kier molecular flexibility index (Phi) is 4.79. The fourth-order valence-corrected chi connectivity index (χ4v) is 2.95. The van der Waals surface area contributed by atoms with Gasteiger partial charge in [0.15, 0.2) is 0 Å². The molecule has 1 fully saturated rings. The molecule has 0 aliphatic carbocycles. The highest BCUT2D eigenvalue weighted by Gasteiger charge is 2.30. The Balaban J connectivity index is 2.35. The Bertz CT molecular complexity index is 553. The van der Waals surface area contributed by atoms with Crippen molar-refractivity contribution in [3.63, 3.8) is 0 Å². The molecular formula is C15H18BrN3O. The molecule has 2 unspecified atom stereocenters. The fraction of sp³-hybridized carbons (Fsp3) is 0.467. The number of amides is 1. The van der Waals surface area contributed by atoms with Crippen LogP contribution in [-0.2, 0) is 4.79 Å². The highest BCUT2D eigenvalue weighted by atomic mass is 79.9. The highest BCUT2D eigenvalue weighted by Crippen LogP contribution is 2.26. The van der Waals surface area contributed by atoms with Gasteiger partial charge in [-0.3, -0.25) is 4.79 Å². The number of hydrogen-bond acceptors (Lipinski definition) is 3. The molecule has 1 amide bonds. The van der Waals surface area contributed by atoms with Crippen LogP contribution in [-0.4, -0.2) is 25.0 Å². The summed E-state index contributed by atoms with van der Waals surface area (Å²) in [4.78, 5) is 14.4. The number of nitrogens with zero attached hydrogens (tertiary/aromatic N) is 2. The van der Waals surface area contributed by atoms with E-state index in [2.05, 4.69) is 34.2 Å². The van der Waals surface area contributed by atoms with Gasteiger partial charge in [-0.15, -0.1) is 0 Å². The predicted molar refractivity (Wildman–Crippen MR) is 82.4 cm³/mol. The van der Waals surface area contributed by atoms with Gasteiger partial charge in [-0.2, -0.15) is 5.26 Å². The standard InChI is InChI=1S/C15H18BrN3O/c1-10-8-18-13(5-6-17)15(20)19(9-10)14-4-3-12(16)7-11(14)2/h3-4,7,10,13,18H,5,8-9H2,1-2H3. The van der Waals surface area contributed by atoms with Crippen molar-refractivity contribution in [1.29, 1.82) is 5.26 Å². The molecule has 0 spiro atoms. The van der Waals surface area contributed by atoms with Crippen molar-refractivity contribution in [2.75, 3.05) is 18.0 Å². The summed E-state index contributed by atoms with van der Waals surface area (Å²) in [6.07, 6.45) is 0.206. The third-order valence-electron chi connectivity index (χ3n) is 3.52. The average molecular weight is 336 g/mol. The number of nitrogens with one attached hydrogen (secondary N) is 1. The summed E-state index contributed by atoms with van der Waals surface area (Å²) >= 11 is 3.44. The van der Waals surface area contributed by atoms with E-state index in [0.717, 1.165) is 22.3 Å². The molecule has 1 N–H and O–H groups in total. The number of aryl methyl sites for hydroxylation is 1. The molecule has 5 heteroatoms. The molecule has 1 aliphatic heterocycles. The number of benzene rings is 1. The largest absolute Gasteiger partial charge is 0.310 e. The van der Waals surface area contributed by atoms with E-state index in [4.69, 9.17) is 5.26 Å². The fourth-order valence-electron chi connectivity index (χ4n) is 2.47. The molecule has 1 saturated heterocycles.